The number of likely N-dealkylation sites (tertiary alicyclic amines) is 1. The number of benzene rings is 1. The maximum atomic E-state index is 13.6. The van der Waals surface area contributed by atoms with Gasteiger partial charge in [-0.25, -0.2) is 0 Å². The van der Waals surface area contributed by atoms with E-state index in [1.165, 1.54) is 4.88 Å². The van der Waals surface area contributed by atoms with Crippen LogP contribution in [0.5, 0.6) is 0 Å². The predicted octanol–water partition coefficient (Wildman–Crippen LogP) is 2.92. The number of thiophene rings is 1. The van der Waals surface area contributed by atoms with Gasteiger partial charge in [-0.15, -0.1) is 11.3 Å². The topological polar surface area (TPSA) is 79.0 Å². The third-order valence-electron chi connectivity index (χ3n) is 6.40. The molecule has 1 aromatic carbocycles. The van der Waals surface area contributed by atoms with E-state index in [0.717, 1.165) is 6.42 Å². The fourth-order valence-corrected chi connectivity index (χ4v) is 5.32. The molecule has 33 heavy (non-hydrogen) atoms. The summed E-state index contributed by atoms with van der Waals surface area (Å²) in [6.07, 6.45) is 1.73. The van der Waals surface area contributed by atoms with Crippen LogP contribution >= 0.6 is 11.3 Å². The van der Waals surface area contributed by atoms with E-state index in [4.69, 9.17) is 4.74 Å². The number of hydrogen-bond acceptors (Lipinski definition) is 5. The zero-order valence-corrected chi connectivity index (χ0v) is 20.0. The molecule has 0 bridgehead atoms. The summed E-state index contributed by atoms with van der Waals surface area (Å²) in [5.74, 6) is -0.386. The Balaban J connectivity index is 1.51. The van der Waals surface area contributed by atoms with E-state index < -0.39 is 11.8 Å². The maximum Gasteiger partial charge on any atom is 0.256 e. The highest BCUT2D eigenvalue weighted by Crippen LogP contribution is 2.38. The third kappa shape index (κ3) is 4.96. The fourth-order valence-electron chi connectivity index (χ4n) is 4.61. The summed E-state index contributed by atoms with van der Waals surface area (Å²) in [7, 11) is 0. The number of rotatable bonds is 6. The number of carbonyl (C=O) groups is 3. The van der Waals surface area contributed by atoms with Crippen LogP contribution < -0.4 is 5.32 Å². The first-order valence-corrected chi connectivity index (χ1v) is 12.4. The Labute approximate surface area is 198 Å². The lowest BCUT2D eigenvalue weighted by Gasteiger charge is -2.44. The molecule has 0 aliphatic carbocycles. The molecule has 4 rings (SSSR count). The van der Waals surface area contributed by atoms with Gasteiger partial charge in [-0.05, 0) is 30.0 Å². The first-order valence-electron chi connectivity index (χ1n) is 11.5. The van der Waals surface area contributed by atoms with Crippen LogP contribution in [0.1, 0.15) is 41.9 Å². The van der Waals surface area contributed by atoms with Gasteiger partial charge in [0.1, 0.15) is 11.8 Å². The summed E-state index contributed by atoms with van der Waals surface area (Å²) < 4.78 is 6.22. The van der Waals surface area contributed by atoms with Crippen LogP contribution in [-0.4, -0.2) is 65.5 Å². The van der Waals surface area contributed by atoms with Crippen molar-refractivity contribution in [1.82, 2.24) is 15.1 Å². The smallest absolute Gasteiger partial charge is 0.256 e. The van der Waals surface area contributed by atoms with Gasteiger partial charge in [0.15, 0.2) is 0 Å². The Morgan fingerprint density at radius 3 is 2.48 bits per heavy atom. The van der Waals surface area contributed by atoms with Crippen LogP contribution in [0.15, 0.2) is 47.8 Å². The number of hydrogen-bond donors (Lipinski definition) is 1. The van der Waals surface area contributed by atoms with Gasteiger partial charge in [-0.2, -0.15) is 0 Å². The van der Waals surface area contributed by atoms with Gasteiger partial charge in [0.05, 0.1) is 6.61 Å². The molecule has 2 saturated heterocycles. The number of nitrogens with zero attached hydrogens (tertiary/aromatic N) is 2. The quantitative estimate of drug-likeness (QED) is 0.706. The van der Waals surface area contributed by atoms with E-state index in [1.807, 2.05) is 54.5 Å². The summed E-state index contributed by atoms with van der Waals surface area (Å²) in [4.78, 5) is 43.9. The van der Waals surface area contributed by atoms with Crippen molar-refractivity contribution in [2.45, 2.75) is 44.9 Å². The summed E-state index contributed by atoms with van der Waals surface area (Å²) >= 11 is 1.66. The van der Waals surface area contributed by atoms with E-state index in [2.05, 4.69) is 5.32 Å². The monoisotopic (exact) mass is 469 g/mol. The minimum Gasteiger partial charge on any atom is -0.354 e. The molecule has 3 amide bonds. The van der Waals surface area contributed by atoms with Gasteiger partial charge in [0.2, 0.25) is 11.8 Å². The zero-order valence-electron chi connectivity index (χ0n) is 19.2. The zero-order chi connectivity index (χ0) is 23.4. The predicted molar refractivity (Wildman–Crippen MR) is 127 cm³/mol. The van der Waals surface area contributed by atoms with Crippen LogP contribution in [0, 0.1) is 5.92 Å². The van der Waals surface area contributed by atoms with E-state index >= 15 is 0 Å². The molecule has 0 saturated carbocycles. The molecule has 1 aromatic heterocycles. The first kappa shape index (κ1) is 23.4. The lowest BCUT2D eigenvalue weighted by molar-refractivity contribution is -0.146. The van der Waals surface area contributed by atoms with E-state index in [0.29, 0.717) is 38.0 Å². The van der Waals surface area contributed by atoms with Crippen LogP contribution in [0.4, 0.5) is 0 Å². The number of piperidine rings is 1. The Kier molecular flexibility index (Phi) is 7.14. The second kappa shape index (κ2) is 10.1. The molecule has 8 heteroatoms. The lowest BCUT2D eigenvalue weighted by Crippen LogP contribution is -2.60. The Hall–Kier alpha value is -2.71. The number of amides is 3. The molecule has 0 radical (unpaired) electrons. The second-order valence-electron chi connectivity index (χ2n) is 8.91. The number of ether oxygens (including phenoxy) is 1. The molecule has 1 N–H and O–H groups in total. The minimum absolute atomic E-state index is 0.0764. The Bertz CT molecular complexity index is 969. The van der Waals surface area contributed by atoms with Crippen molar-refractivity contribution in [1.29, 1.82) is 0 Å². The molecule has 1 spiro atoms. The van der Waals surface area contributed by atoms with Crippen molar-refractivity contribution in [3.63, 3.8) is 0 Å². The summed E-state index contributed by atoms with van der Waals surface area (Å²) in [6, 6.07) is 12.4. The molecule has 2 fully saturated rings. The fraction of sp³-hybridized carbons (Fsp3) is 0.480. The highest BCUT2D eigenvalue weighted by molar-refractivity contribution is 7.09. The molecule has 3 heterocycles. The van der Waals surface area contributed by atoms with Crippen LogP contribution in [0.2, 0.25) is 0 Å². The van der Waals surface area contributed by atoms with Gasteiger partial charge in [-0.1, -0.05) is 38.1 Å². The molecule has 1 unspecified atom stereocenters. The van der Waals surface area contributed by atoms with Crippen molar-refractivity contribution in [3.05, 3.63) is 58.3 Å². The number of carbonyl (C=O) groups excluding carboxylic acids is 3. The number of nitrogens with one attached hydrogen (secondary N) is 1. The lowest BCUT2D eigenvalue weighted by atomic mass is 9.95. The highest BCUT2D eigenvalue weighted by Gasteiger charge is 2.54. The third-order valence-corrected chi connectivity index (χ3v) is 7.34. The van der Waals surface area contributed by atoms with Crippen molar-refractivity contribution >= 4 is 29.1 Å². The molecule has 1 atom stereocenters. The second-order valence-corrected chi connectivity index (χ2v) is 9.95. The van der Waals surface area contributed by atoms with Gasteiger partial charge in [-0.3, -0.25) is 19.3 Å². The summed E-state index contributed by atoms with van der Waals surface area (Å²) in [5.41, 5.74) is -0.351. The van der Waals surface area contributed by atoms with Crippen molar-refractivity contribution in [2.75, 3.05) is 26.2 Å². The van der Waals surface area contributed by atoms with Gasteiger partial charge in [0, 0.05) is 48.8 Å². The van der Waals surface area contributed by atoms with Crippen LogP contribution in [0.25, 0.3) is 0 Å². The largest absolute Gasteiger partial charge is 0.354 e. The van der Waals surface area contributed by atoms with E-state index in [9.17, 15) is 14.4 Å². The van der Waals surface area contributed by atoms with E-state index in [1.54, 1.807) is 28.4 Å². The van der Waals surface area contributed by atoms with Crippen LogP contribution in [-0.2, 0) is 20.7 Å². The normalized spacial score (nSPS) is 19.8. The van der Waals surface area contributed by atoms with Gasteiger partial charge in [0.25, 0.3) is 5.91 Å². The molecule has 2 aromatic rings. The Morgan fingerprint density at radius 2 is 1.85 bits per heavy atom. The summed E-state index contributed by atoms with van der Waals surface area (Å²) in [6.45, 7) is 5.44. The van der Waals surface area contributed by atoms with Crippen molar-refractivity contribution in [3.8, 4) is 0 Å². The van der Waals surface area contributed by atoms with E-state index in [-0.39, 0.29) is 30.2 Å². The SMILES string of the molecule is CC(C)C(=O)N1CCC2(CC1)OCC(C(=O)NCCc1cccs1)N2C(=O)c1ccccc1. The average Bonchev–Trinajstić information content (AvgIpc) is 3.47. The average molecular weight is 470 g/mol. The molecule has 176 valence electrons. The Morgan fingerprint density at radius 1 is 1.12 bits per heavy atom. The minimum atomic E-state index is -0.879. The van der Waals surface area contributed by atoms with Crippen LogP contribution in [0.3, 0.4) is 0 Å². The first-order chi connectivity index (χ1) is 15.9. The molecule has 2 aliphatic heterocycles. The highest BCUT2D eigenvalue weighted by atomic mass is 32.1. The van der Waals surface area contributed by atoms with Crippen molar-refractivity contribution < 1.29 is 19.1 Å². The van der Waals surface area contributed by atoms with Crippen molar-refractivity contribution in [2.24, 2.45) is 5.92 Å². The molecule has 2 aliphatic rings. The molecular formula is C25H31N3O4S. The van der Waals surface area contributed by atoms with Gasteiger partial charge >= 0.3 is 0 Å². The molecule has 7 nitrogen and oxygen atoms in total. The summed E-state index contributed by atoms with van der Waals surface area (Å²) in [5, 5.41) is 5.01. The molecular weight excluding hydrogens is 438 g/mol. The van der Waals surface area contributed by atoms with Gasteiger partial charge < -0.3 is 15.0 Å². The standard InChI is InChI=1S/C25H31N3O4S/c1-18(2)23(30)27-14-11-25(12-15-27)28(24(31)19-7-4-3-5-8-19)21(17-32-25)22(29)26-13-10-20-9-6-16-33-20/h3-9,16,18,21H,10-15,17H2,1-2H3,(H,26,29). The maximum absolute atomic E-state index is 13.6.